The Bertz CT molecular complexity index is 869. The van der Waals surface area contributed by atoms with Crippen LogP contribution in [0.5, 0.6) is 0 Å². The van der Waals surface area contributed by atoms with E-state index < -0.39 is 6.23 Å². The minimum Gasteiger partial charge on any atom is -0.379 e. The largest absolute Gasteiger partial charge is 0.379 e. The fourth-order valence-corrected chi connectivity index (χ4v) is 6.08. The van der Waals surface area contributed by atoms with Crippen LogP contribution in [-0.4, -0.2) is 23.4 Å². The Labute approximate surface area is 160 Å². The number of allylic oxidation sites excluding steroid dienone is 1. The Hall–Kier alpha value is -1.78. The van der Waals surface area contributed by atoms with Crippen LogP contribution in [0.4, 0.5) is 4.39 Å². The lowest BCUT2D eigenvalue weighted by Gasteiger charge is -2.34. The van der Waals surface area contributed by atoms with Crippen molar-refractivity contribution in [2.75, 3.05) is 7.05 Å². The zero-order valence-corrected chi connectivity index (χ0v) is 16.2. The van der Waals surface area contributed by atoms with E-state index in [1.54, 1.807) is 19.2 Å². The zero-order chi connectivity index (χ0) is 19.2. The highest BCUT2D eigenvalue weighted by Gasteiger charge is 2.59. The summed E-state index contributed by atoms with van der Waals surface area (Å²) in [5.41, 5.74) is 2.32. The quantitative estimate of drug-likeness (QED) is 0.590. The molecule has 1 aromatic heterocycles. The molecule has 0 radical (unpaired) electrons. The van der Waals surface area contributed by atoms with Gasteiger partial charge in [0.05, 0.1) is 5.52 Å². The number of hydrogen-bond acceptors (Lipinski definition) is 3. The lowest BCUT2D eigenvalue weighted by molar-refractivity contribution is 0.113. The summed E-state index contributed by atoms with van der Waals surface area (Å²) in [5.74, 6) is 0.680. The van der Waals surface area contributed by atoms with Gasteiger partial charge in [-0.3, -0.25) is 10.3 Å². The van der Waals surface area contributed by atoms with Gasteiger partial charge in [-0.2, -0.15) is 0 Å². The van der Waals surface area contributed by atoms with Crippen molar-refractivity contribution in [3.63, 3.8) is 0 Å². The number of benzene rings is 1. The maximum atomic E-state index is 13.9. The molecular formula is C23H29FN2O. The third kappa shape index (κ3) is 2.99. The lowest BCUT2D eigenvalue weighted by Crippen LogP contribution is -2.27. The average molecular weight is 368 g/mol. The number of halogens is 1. The molecule has 0 aliphatic heterocycles. The first kappa shape index (κ1) is 18.6. The van der Waals surface area contributed by atoms with E-state index in [1.165, 1.54) is 11.6 Å². The van der Waals surface area contributed by atoms with Gasteiger partial charge in [-0.25, -0.2) is 4.39 Å². The van der Waals surface area contributed by atoms with E-state index in [4.69, 9.17) is 0 Å². The normalized spacial score (nSPS) is 33.9. The molecule has 1 heterocycles. The first-order chi connectivity index (χ1) is 12.9. The zero-order valence-electron chi connectivity index (χ0n) is 16.2. The number of aliphatic hydroxyl groups excluding tert-OH is 1. The Morgan fingerprint density at radius 3 is 2.85 bits per heavy atom. The van der Waals surface area contributed by atoms with Crippen molar-refractivity contribution in [2.24, 2.45) is 16.7 Å². The molecule has 2 N–H and O–H groups in total. The number of fused-ring (bicyclic) bond motifs is 2. The van der Waals surface area contributed by atoms with Gasteiger partial charge in [0.1, 0.15) is 12.0 Å². The minimum absolute atomic E-state index is 0.0821. The number of aliphatic hydroxyl groups is 1. The van der Waals surface area contributed by atoms with Crippen molar-refractivity contribution < 1.29 is 9.50 Å². The second-order valence-electron chi connectivity index (χ2n) is 8.90. The van der Waals surface area contributed by atoms with Crippen LogP contribution < -0.4 is 5.32 Å². The first-order valence-electron chi connectivity index (χ1n) is 9.93. The highest BCUT2D eigenvalue weighted by atomic mass is 19.1. The standard InChI is InChI=1S/C23H29FN2O/c1-4-23-12-15(9-21(27)25-3)11-22(23,2)13-16(14-23)18-7-8-26-20-6-5-17(24)10-19(18)20/h4-8,10,15-16,21,25,27H,1,9,11-14H2,2-3H3/t15-,16+,21?,22-,23+/m0/s1. The highest BCUT2D eigenvalue weighted by Crippen LogP contribution is 2.69. The van der Waals surface area contributed by atoms with Crippen molar-refractivity contribution in [3.05, 3.63) is 54.5 Å². The van der Waals surface area contributed by atoms with Crippen molar-refractivity contribution >= 4 is 10.9 Å². The molecule has 2 aromatic rings. The molecule has 1 aromatic carbocycles. The molecule has 5 atom stereocenters. The van der Waals surface area contributed by atoms with Crippen LogP contribution in [0.15, 0.2) is 43.1 Å². The molecule has 0 saturated heterocycles. The monoisotopic (exact) mass is 368 g/mol. The second-order valence-corrected chi connectivity index (χ2v) is 8.90. The van der Waals surface area contributed by atoms with Crippen LogP contribution in [0.1, 0.15) is 50.5 Å². The molecule has 2 aliphatic carbocycles. The van der Waals surface area contributed by atoms with Crippen LogP contribution in [0.2, 0.25) is 0 Å². The second kappa shape index (κ2) is 6.68. The van der Waals surface area contributed by atoms with Crippen LogP contribution in [-0.2, 0) is 0 Å². The summed E-state index contributed by atoms with van der Waals surface area (Å²) < 4.78 is 13.9. The molecule has 1 unspecified atom stereocenters. The molecule has 3 nitrogen and oxygen atoms in total. The Morgan fingerprint density at radius 1 is 1.33 bits per heavy atom. The smallest absolute Gasteiger partial charge is 0.123 e. The molecule has 0 amide bonds. The van der Waals surface area contributed by atoms with E-state index in [2.05, 4.69) is 35.9 Å². The van der Waals surface area contributed by atoms with Crippen LogP contribution in [0, 0.1) is 22.6 Å². The average Bonchev–Trinajstić information content (AvgIpc) is 3.07. The first-order valence-corrected chi connectivity index (χ1v) is 9.93. The van der Waals surface area contributed by atoms with Gasteiger partial charge in [0.15, 0.2) is 0 Å². The maximum Gasteiger partial charge on any atom is 0.123 e. The molecule has 0 spiro atoms. The fraction of sp³-hybridized carbons (Fsp3) is 0.522. The summed E-state index contributed by atoms with van der Waals surface area (Å²) in [6.07, 6.45) is 8.64. The summed E-state index contributed by atoms with van der Waals surface area (Å²) in [7, 11) is 1.80. The van der Waals surface area contributed by atoms with Crippen molar-refractivity contribution in [2.45, 2.75) is 51.2 Å². The summed E-state index contributed by atoms with van der Waals surface area (Å²) in [6, 6.07) is 6.94. The predicted octanol–water partition coefficient (Wildman–Crippen LogP) is 4.77. The topological polar surface area (TPSA) is 45.1 Å². The Morgan fingerprint density at radius 2 is 2.15 bits per heavy atom. The summed E-state index contributed by atoms with van der Waals surface area (Å²) in [4.78, 5) is 4.41. The molecule has 27 heavy (non-hydrogen) atoms. The van der Waals surface area contributed by atoms with Gasteiger partial charge in [0, 0.05) is 11.6 Å². The third-order valence-corrected chi connectivity index (χ3v) is 7.36. The van der Waals surface area contributed by atoms with Crippen molar-refractivity contribution in [1.82, 2.24) is 10.3 Å². The molecule has 2 fully saturated rings. The van der Waals surface area contributed by atoms with Gasteiger partial charge in [-0.05, 0) is 91.6 Å². The molecule has 144 valence electrons. The summed E-state index contributed by atoms with van der Waals surface area (Å²) in [6.45, 7) is 6.59. The van der Waals surface area contributed by atoms with Gasteiger partial charge < -0.3 is 5.11 Å². The van der Waals surface area contributed by atoms with Crippen molar-refractivity contribution in [3.8, 4) is 0 Å². The van der Waals surface area contributed by atoms with Gasteiger partial charge >= 0.3 is 0 Å². The molecule has 2 saturated carbocycles. The number of nitrogens with one attached hydrogen (secondary N) is 1. The van der Waals surface area contributed by atoms with Crippen LogP contribution >= 0.6 is 0 Å². The molecular weight excluding hydrogens is 339 g/mol. The Balaban J connectivity index is 1.65. The van der Waals surface area contributed by atoms with E-state index >= 15 is 0 Å². The van der Waals surface area contributed by atoms with Gasteiger partial charge in [0.2, 0.25) is 0 Å². The number of hydrogen-bond donors (Lipinski definition) is 2. The van der Waals surface area contributed by atoms with Gasteiger partial charge in [0.25, 0.3) is 0 Å². The summed E-state index contributed by atoms with van der Waals surface area (Å²) >= 11 is 0. The van der Waals surface area contributed by atoms with E-state index in [-0.39, 0.29) is 16.6 Å². The number of nitrogens with zero attached hydrogens (tertiary/aromatic N) is 1. The molecule has 4 rings (SSSR count). The van der Waals surface area contributed by atoms with Gasteiger partial charge in [-0.1, -0.05) is 13.0 Å². The molecule has 4 heteroatoms. The fourth-order valence-electron chi connectivity index (χ4n) is 6.08. The third-order valence-electron chi connectivity index (χ3n) is 7.36. The predicted molar refractivity (Wildman–Crippen MR) is 107 cm³/mol. The molecule has 0 bridgehead atoms. The highest BCUT2D eigenvalue weighted by molar-refractivity contribution is 5.82. The number of rotatable bonds is 5. The van der Waals surface area contributed by atoms with E-state index in [0.717, 1.165) is 43.0 Å². The van der Waals surface area contributed by atoms with Crippen molar-refractivity contribution in [1.29, 1.82) is 0 Å². The van der Waals surface area contributed by atoms with E-state index in [9.17, 15) is 9.50 Å². The van der Waals surface area contributed by atoms with Crippen LogP contribution in [0.25, 0.3) is 10.9 Å². The summed E-state index contributed by atoms with van der Waals surface area (Å²) in [5, 5.41) is 13.9. The minimum atomic E-state index is -0.442. The van der Waals surface area contributed by atoms with E-state index in [0.29, 0.717) is 11.8 Å². The number of aromatic nitrogens is 1. The lowest BCUT2D eigenvalue weighted by atomic mass is 9.70. The SMILES string of the molecule is C=C[C@]12C[C@@H](CC(O)NC)C[C@@]1(C)C[C@@H](c1ccnc3ccc(F)cc13)C2. The van der Waals surface area contributed by atoms with E-state index in [1.807, 2.05) is 6.20 Å². The molecule has 2 aliphatic rings. The van der Waals surface area contributed by atoms with Crippen LogP contribution in [0.3, 0.4) is 0 Å². The van der Waals surface area contributed by atoms with Gasteiger partial charge in [-0.15, -0.1) is 6.58 Å². The maximum absolute atomic E-state index is 13.9. The number of pyridine rings is 1. The Kier molecular flexibility index (Phi) is 4.59.